The first-order chi connectivity index (χ1) is 14.3. The molecule has 0 saturated heterocycles. The summed E-state index contributed by atoms with van der Waals surface area (Å²) in [4.78, 5) is 16.8. The Kier molecular flexibility index (Phi) is 4.37. The first-order valence-corrected chi connectivity index (χ1v) is 9.37. The summed E-state index contributed by atoms with van der Waals surface area (Å²) < 4.78 is 17.1. The van der Waals surface area contributed by atoms with Gasteiger partial charge in [-0.2, -0.15) is 0 Å². The van der Waals surface area contributed by atoms with Crippen LogP contribution in [0.25, 0.3) is 22.1 Å². The molecule has 0 saturated carbocycles. The second-order valence-corrected chi connectivity index (χ2v) is 6.80. The van der Waals surface area contributed by atoms with Crippen LogP contribution in [-0.4, -0.2) is 30.1 Å². The molecule has 1 unspecified atom stereocenters. The summed E-state index contributed by atoms with van der Waals surface area (Å²) in [7, 11) is 0. The van der Waals surface area contributed by atoms with E-state index in [4.69, 9.17) is 13.9 Å². The Labute approximate surface area is 167 Å². The number of hydrogen-bond donors (Lipinski definition) is 1. The standard InChI is InChI=1S/C23H18N2O4/c26-23(24-12-18-13-27-19-7-3-4-8-20(19)29-18)21-22(28-14-25-21)17-10-9-15-5-1-2-6-16(15)11-17/h1-11,14,18H,12-13H2,(H,24,26). The average molecular weight is 386 g/mol. The van der Waals surface area contributed by atoms with Crippen molar-refractivity contribution in [1.29, 1.82) is 0 Å². The number of rotatable bonds is 4. The van der Waals surface area contributed by atoms with E-state index >= 15 is 0 Å². The summed E-state index contributed by atoms with van der Waals surface area (Å²) in [6.45, 7) is 0.671. The lowest BCUT2D eigenvalue weighted by molar-refractivity contribution is 0.0787. The second kappa shape index (κ2) is 7.31. The number of nitrogens with one attached hydrogen (secondary N) is 1. The lowest BCUT2D eigenvalue weighted by atomic mass is 10.0. The molecule has 6 nitrogen and oxygen atoms in total. The number of oxazole rings is 1. The largest absolute Gasteiger partial charge is 0.486 e. The quantitative estimate of drug-likeness (QED) is 0.572. The molecule has 2 heterocycles. The van der Waals surface area contributed by atoms with Crippen LogP contribution in [0.2, 0.25) is 0 Å². The summed E-state index contributed by atoms with van der Waals surface area (Å²) in [5.74, 6) is 1.52. The highest BCUT2D eigenvalue weighted by molar-refractivity contribution is 5.98. The smallest absolute Gasteiger partial charge is 0.274 e. The summed E-state index contributed by atoms with van der Waals surface area (Å²) >= 11 is 0. The minimum Gasteiger partial charge on any atom is -0.486 e. The van der Waals surface area contributed by atoms with Crippen LogP contribution in [0.15, 0.2) is 77.5 Å². The average Bonchev–Trinajstić information content (AvgIpc) is 3.27. The molecule has 0 fully saturated rings. The molecule has 0 radical (unpaired) electrons. The van der Waals surface area contributed by atoms with Crippen LogP contribution >= 0.6 is 0 Å². The predicted molar refractivity (Wildman–Crippen MR) is 108 cm³/mol. The zero-order valence-electron chi connectivity index (χ0n) is 15.5. The fourth-order valence-electron chi connectivity index (χ4n) is 3.40. The van der Waals surface area contributed by atoms with Crippen molar-refractivity contribution in [1.82, 2.24) is 10.3 Å². The summed E-state index contributed by atoms with van der Waals surface area (Å²) in [5.41, 5.74) is 1.05. The number of ether oxygens (including phenoxy) is 2. The molecule has 3 aromatic carbocycles. The van der Waals surface area contributed by atoms with Gasteiger partial charge in [-0.05, 0) is 29.0 Å². The molecule has 6 heteroatoms. The molecule has 5 rings (SSSR count). The van der Waals surface area contributed by atoms with Crippen LogP contribution in [0, 0.1) is 0 Å². The fourth-order valence-corrected chi connectivity index (χ4v) is 3.40. The number of benzene rings is 3. The number of hydrogen-bond acceptors (Lipinski definition) is 5. The van der Waals surface area contributed by atoms with E-state index in [-0.39, 0.29) is 17.7 Å². The van der Waals surface area contributed by atoms with Crippen molar-refractivity contribution in [2.24, 2.45) is 0 Å². The van der Waals surface area contributed by atoms with Crippen LogP contribution in [-0.2, 0) is 0 Å². The van der Waals surface area contributed by atoms with Crippen LogP contribution in [0.5, 0.6) is 11.5 Å². The lowest BCUT2D eigenvalue weighted by Gasteiger charge is -2.26. The predicted octanol–water partition coefficient (Wildman–Crippen LogP) is 4.06. The van der Waals surface area contributed by atoms with Gasteiger partial charge in [0.1, 0.15) is 12.7 Å². The van der Waals surface area contributed by atoms with Crippen LogP contribution in [0.1, 0.15) is 10.5 Å². The molecule has 1 aromatic heterocycles. The topological polar surface area (TPSA) is 73.6 Å². The third-order valence-corrected chi connectivity index (χ3v) is 4.85. The molecule has 1 N–H and O–H groups in total. The number of para-hydroxylation sites is 2. The van der Waals surface area contributed by atoms with Crippen LogP contribution in [0.4, 0.5) is 0 Å². The monoisotopic (exact) mass is 386 g/mol. The molecule has 1 aliphatic heterocycles. The highest BCUT2D eigenvalue weighted by Crippen LogP contribution is 2.31. The molecule has 0 aliphatic carbocycles. The van der Waals surface area contributed by atoms with Gasteiger partial charge in [-0.25, -0.2) is 4.98 Å². The van der Waals surface area contributed by atoms with Gasteiger partial charge in [-0.3, -0.25) is 4.79 Å². The Morgan fingerprint density at radius 2 is 1.79 bits per heavy atom. The third kappa shape index (κ3) is 3.40. The summed E-state index contributed by atoms with van der Waals surface area (Å²) in [5, 5.41) is 5.06. The van der Waals surface area contributed by atoms with E-state index in [0.717, 1.165) is 16.3 Å². The second-order valence-electron chi connectivity index (χ2n) is 6.80. The first-order valence-electron chi connectivity index (χ1n) is 9.37. The molecule has 0 bridgehead atoms. The molecule has 144 valence electrons. The van der Waals surface area contributed by atoms with E-state index in [1.54, 1.807) is 0 Å². The fraction of sp³-hybridized carbons (Fsp3) is 0.130. The molecular weight excluding hydrogens is 368 g/mol. The van der Waals surface area contributed by atoms with Crippen LogP contribution in [0.3, 0.4) is 0 Å². The number of nitrogens with zero attached hydrogens (tertiary/aromatic N) is 1. The minimum atomic E-state index is -0.315. The van der Waals surface area contributed by atoms with Gasteiger partial charge < -0.3 is 19.2 Å². The van der Waals surface area contributed by atoms with Gasteiger partial charge in [-0.15, -0.1) is 0 Å². The van der Waals surface area contributed by atoms with Crippen molar-refractivity contribution in [2.45, 2.75) is 6.10 Å². The normalized spacial score (nSPS) is 15.2. The first kappa shape index (κ1) is 17.3. The Morgan fingerprint density at radius 3 is 2.69 bits per heavy atom. The maximum atomic E-state index is 12.7. The maximum absolute atomic E-state index is 12.7. The number of carbonyl (C=O) groups excluding carboxylic acids is 1. The molecule has 0 spiro atoms. The van der Waals surface area contributed by atoms with Gasteiger partial charge in [0, 0.05) is 5.56 Å². The Bertz CT molecular complexity index is 1180. The highest BCUT2D eigenvalue weighted by Gasteiger charge is 2.23. The summed E-state index contributed by atoms with van der Waals surface area (Å²) in [6.07, 6.45) is 1.01. The van der Waals surface area contributed by atoms with Gasteiger partial charge in [0.2, 0.25) is 0 Å². The van der Waals surface area contributed by atoms with Crippen molar-refractivity contribution in [3.8, 4) is 22.8 Å². The van der Waals surface area contributed by atoms with E-state index in [9.17, 15) is 4.79 Å². The van der Waals surface area contributed by atoms with Gasteiger partial charge >= 0.3 is 0 Å². The Balaban J connectivity index is 1.31. The van der Waals surface area contributed by atoms with E-state index < -0.39 is 0 Å². The minimum absolute atomic E-state index is 0.248. The van der Waals surface area contributed by atoms with E-state index in [1.807, 2.05) is 66.7 Å². The van der Waals surface area contributed by atoms with Crippen molar-refractivity contribution in [3.63, 3.8) is 0 Å². The zero-order valence-corrected chi connectivity index (χ0v) is 15.5. The van der Waals surface area contributed by atoms with Gasteiger partial charge in [0.25, 0.3) is 5.91 Å². The molecule has 1 atom stereocenters. The molecule has 1 amide bonds. The van der Waals surface area contributed by atoms with Crippen molar-refractivity contribution < 1.29 is 18.7 Å². The molecule has 4 aromatic rings. The van der Waals surface area contributed by atoms with Gasteiger partial charge in [0.15, 0.2) is 29.3 Å². The van der Waals surface area contributed by atoms with Crippen molar-refractivity contribution >= 4 is 16.7 Å². The Hall–Kier alpha value is -3.80. The lowest BCUT2D eigenvalue weighted by Crippen LogP contribution is -2.40. The van der Waals surface area contributed by atoms with E-state index in [2.05, 4.69) is 10.3 Å². The zero-order chi connectivity index (χ0) is 19.6. The van der Waals surface area contributed by atoms with Crippen molar-refractivity contribution in [2.75, 3.05) is 13.2 Å². The van der Waals surface area contributed by atoms with Crippen molar-refractivity contribution in [3.05, 3.63) is 78.8 Å². The molecule has 1 aliphatic rings. The maximum Gasteiger partial charge on any atom is 0.274 e. The van der Waals surface area contributed by atoms with E-state index in [0.29, 0.717) is 30.4 Å². The Morgan fingerprint density at radius 1 is 1.00 bits per heavy atom. The third-order valence-electron chi connectivity index (χ3n) is 4.85. The van der Waals surface area contributed by atoms with Gasteiger partial charge in [0.05, 0.1) is 6.54 Å². The number of aromatic nitrogens is 1. The summed E-state index contributed by atoms with van der Waals surface area (Å²) in [6, 6.07) is 21.4. The van der Waals surface area contributed by atoms with Gasteiger partial charge in [-0.1, -0.05) is 48.5 Å². The molecular formula is C23H18N2O4. The van der Waals surface area contributed by atoms with E-state index in [1.165, 1.54) is 6.39 Å². The number of amides is 1. The van der Waals surface area contributed by atoms with Crippen LogP contribution < -0.4 is 14.8 Å². The SMILES string of the molecule is O=C(NCC1COc2ccccc2O1)c1ncoc1-c1ccc2ccccc2c1. The number of carbonyl (C=O) groups is 1. The number of fused-ring (bicyclic) bond motifs is 2. The molecule has 29 heavy (non-hydrogen) atoms. The highest BCUT2D eigenvalue weighted by atomic mass is 16.6.